The van der Waals surface area contributed by atoms with Crippen LogP contribution in [-0.2, 0) is 28.6 Å². The minimum Gasteiger partial charge on any atom is -0.462 e. The van der Waals surface area contributed by atoms with Gasteiger partial charge >= 0.3 is 17.9 Å². The molecule has 0 aliphatic heterocycles. The van der Waals surface area contributed by atoms with Gasteiger partial charge in [-0.05, 0) is 77.0 Å². The molecule has 0 aliphatic carbocycles. The van der Waals surface area contributed by atoms with Gasteiger partial charge in [-0.25, -0.2) is 0 Å². The molecule has 0 amide bonds. The number of esters is 3. The maximum absolute atomic E-state index is 12.8. The number of carbonyl (C=O) groups is 3. The van der Waals surface area contributed by atoms with E-state index < -0.39 is 6.10 Å². The van der Waals surface area contributed by atoms with Crippen LogP contribution in [0.1, 0.15) is 271 Å². The third kappa shape index (κ3) is 48.4. The van der Waals surface area contributed by atoms with Crippen molar-refractivity contribution in [3.05, 3.63) is 48.6 Å². The van der Waals surface area contributed by atoms with Gasteiger partial charge in [0.05, 0.1) is 0 Å². The molecule has 0 heterocycles. The fraction of sp³-hybridized carbons (Fsp3) is 0.804. The van der Waals surface area contributed by atoms with Gasteiger partial charge in [-0.3, -0.25) is 14.4 Å². The molecule has 0 saturated heterocycles. The second-order valence-electron chi connectivity index (χ2n) is 17.8. The van der Waals surface area contributed by atoms with Crippen LogP contribution in [0.5, 0.6) is 0 Å². The third-order valence-corrected chi connectivity index (χ3v) is 11.6. The summed E-state index contributed by atoms with van der Waals surface area (Å²) in [7, 11) is 0. The number of hydrogen-bond donors (Lipinski definition) is 0. The van der Waals surface area contributed by atoms with Crippen molar-refractivity contribution >= 4 is 17.9 Å². The second-order valence-corrected chi connectivity index (χ2v) is 17.8. The zero-order valence-electron chi connectivity index (χ0n) is 41.1. The molecule has 0 aliphatic rings. The van der Waals surface area contributed by atoms with Gasteiger partial charge in [0.2, 0.25) is 0 Å². The molecular formula is C56H100O6. The van der Waals surface area contributed by atoms with Crippen molar-refractivity contribution in [2.24, 2.45) is 0 Å². The summed E-state index contributed by atoms with van der Waals surface area (Å²) in [6.07, 6.45) is 60.9. The Bertz CT molecular complexity index is 1090. The summed E-state index contributed by atoms with van der Waals surface area (Å²) < 4.78 is 16.8. The number of hydrogen-bond acceptors (Lipinski definition) is 6. The van der Waals surface area contributed by atoms with E-state index in [2.05, 4.69) is 69.4 Å². The van der Waals surface area contributed by atoms with Crippen LogP contribution in [0.15, 0.2) is 48.6 Å². The Morgan fingerprint density at radius 1 is 0.323 bits per heavy atom. The quantitative estimate of drug-likeness (QED) is 0.0262. The van der Waals surface area contributed by atoms with Crippen molar-refractivity contribution in [3.8, 4) is 0 Å². The third-order valence-electron chi connectivity index (χ3n) is 11.6. The van der Waals surface area contributed by atoms with Gasteiger partial charge in [-0.1, -0.05) is 223 Å². The molecule has 6 heteroatoms. The van der Waals surface area contributed by atoms with Gasteiger partial charge in [-0.15, -0.1) is 0 Å². The summed E-state index contributed by atoms with van der Waals surface area (Å²) in [5, 5.41) is 0. The maximum atomic E-state index is 12.8. The Morgan fingerprint density at radius 3 is 0.968 bits per heavy atom. The fourth-order valence-electron chi connectivity index (χ4n) is 7.49. The lowest BCUT2D eigenvalue weighted by molar-refractivity contribution is -0.167. The molecule has 0 aromatic carbocycles. The highest BCUT2D eigenvalue weighted by atomic mass is 16.6. The summed E-state index contributed by atoms with van der Waals surface area (Å²) >= 11 is 0. The standard InChI is InChI=1S/C56H100O6/c1-4-7-10-13-16-19-22-25-27-28-29-32-34-37-40-43-46-49-55(58)61-52-53(51-60-54(57)48-45-42-39-36-33-30-24-21-18-15-12-9-6-3)62-56(59)50-47-44-41-38-35-31-26-23-20-17-14-11-8-5-2/h14,16-17,19,23,25-27,53H,4-13,15,18,20-22,24,28-52H2,1-3H3/b17-14-,19-16-,26-23-,27-25-/t53-/m1/s1. The Hall–Kier alpha value is -2.63. The molecular weight excluding hydrogens is 769 g/mol. The van der Waals surface area contributed by atoms with E-state index in [0.29, 0.717) is 19.3 Å². The molecule has 0 unspecified atom stereocenters. The number of unbranched alkanes of at least 4 members (excludes halogenated alkanes) is 29. The first-order valence-electron chi connectivity index (χ1n) is 26.6. The van der Waals surface area contributed by atoms with Crippen LogP contribution >= 0.6 is 0 Å². The van der Waals surface area contributed by atoms with Gasteiger partial charge in [0.1, 0.15) is 13.2 Å². The van der Waals surface area contributed by atoms with Crippen LogP contribution in [0.3, 0.4) is 0 Å². The van der Waals surface area contributed by atoms with Crippen LogP contribution < -0.4 is 0 Å². The average molecular weight is 869 g/mol. The fourth-order valence-corrected chi connectivity index (χ4v) is 7.49. The monoisotopic (exact) mass is 869 g/mol. The highest BCUT2D eigenvalue weighted by molar-refractivity contribution is 5.71. The van der Waals surface area contributed by atoms with Crippen molar-refractivity contribution in [2.75, 3.05) is 13.2 Å². The van der Waals surface area contributed by atoms with Crippen LogP contribution in [-0.4, -0.2) is 37.2 Å². The molecule has 0 fully saturated rings. The molecule has 6 nitrogen and oxygen atoms in total. The highest BCUT2D eigenvalue weighted by Gasteiger charge is 2.19. The summed E-state index contributed by atoms with van der Waals surface area (Å²) in [4.78, 5) is 38.0. The van der Waals surface area contributed by atoms with Crippen LogP contribution in [0.4, 0.5) is 0 Å². The number of allylic oxidation sites excluding steroid dienone is 8. The molecule has 0 spiro atoms. The summed E-state index contributed by atoms with van der Waals surface area (Å²) in [6.45, 7) is 6.57. The van der Waals surface area contributed by atoms with Gasteiger partial charge in [0.15, 0.2) is 6.10 Å². The van der Waals surface area contributed by atoms with Crippen molar-refractivity contribution < 1.29 is 28.6 Å². The summed E-state index contributed by atoms with van der Waals surface area (Å²) in [5.74, 6) is -0.892. The lowest BCUT2D eigenvalue weighted by Crippen LogP contribution is -2.30. The van der Waals surface area contributed by atoms with Crippen LogP contribution in [0.2, 0.25) is 0 Å². The van der Waals surface area contributed by atoms with Crippen molar-refractivity contribution in [2.45, 2.75) is 277 Å². The summed E-state index contributed by atoms with van der Waals surface area (Å²) in [6, 6.07) is 0. The molecule has 0 rings (SSSR count). The van der Waals surface area contributed by atoms with Crippen molar-refractivity contribution in [3.63, 3.8) is 0 Å². The lowest BCUT2D eigenvalue weighted by atomic mass is 10.0. The molecule has 1 atom stereocenters. The predicted octanol–water partition coefficient (Wildman–Crippen LogP) is 17.5. The number of ether oxygens (including phenoxy) is 3. The zero-order valence-corrected chi connectivity index (χ0v) is 41.1. The van der Waals surface area contributed by atoms with E-state index in [1.165, 1.54) is 135 Å². The molecule has 62 heavy (non-hydrogen) atoms. The first kappa shape index (κ1) is 59.4. The van der Waals surface area contributed by atoms with E-state index in [1.807, 2.05) is 0 Å². The molecule has 0 bridgehead atoms. The van der Waals surface area contributed by atoms with E-state index in [1.54, 1.807) is 0 Å². The Balaban J connectivity index is 4.38. The van der Waals surface area contributed by atoms with E-state index in [0.717, 1.165) is 96.3 Å². The van der Waals surface area contributed by atoms with Gasteiger partial charge in [0.25, 0.3) is 0 Å². The molecule has 0 saturated carbocycles. The first-order chi connectivity index (χ1) is 30.5. The molecule has 0 aromatic rings. The average Bonchev–Trinajstić information content (AvgIpc) is 3.27. The Morgan fingerprint density at radius 2 is 0.597 bits per heavy atom. The zero-order chi connectivity index (χ0) is 45.1. The maximum Gasteiger partial charge on any atom is 0.306 e. The highest BCUT2D eigenvalue weighted by Crippen LogP contribution is 2.15. The predicted molar refractivity (Wildman–Crippen MR) is 265 cm³/mol. The van der Waals surface area contributed by atoms with Gasteiger partial charge in [0, 0.05) is 19.3 Å². The van der Waals surface area contributed by atoms with E-state index >= 15 is 0 Å². The summed E-state index contributed by atoms with van der Waals surface area (Å²) in [5.41, 5.74) is 0. The first-order valence-corrected chi connectivity index (χ1v) is 26.6. The lowest BCUT2D eigenvalue weighted by Gasteiger charge is -2.18. The van der Waals surface area contributed by atoms with E-state index in [4.69, 9.17) is 14.2 Å². The molecule has 360 valence electrons. The molecule has 0 radical (unpaired) electrons. The second kappa shape index (κ2) is 51.0. The number of carbonyl (C=O) groups excluding carboxylic acids is 3. The minimum atomic E-state index is -0.780. The Kier molecular flexibility index (Phi) is 48.8. The van der Waals surface area contributed by atoms with E-state index in [-0.39, 0.29) is 31.1 Å². The normalized spacial score (nSPS) is 12.4. The molecule has 0 aromatic heterocycles. The van der Waals surface area contributed by atoms with Crippen LogP contribution in [0, 0.1) is 0 Å². The van der Waals surface area contributed by atoms with E-state index in [9.17, 15) is 14.4 Å². The van der Waals surface area contributed by atoms with Crippen molar-refractivity contribution in [1.82, 2.24) is 0 Å². The molecule has 0 N–H and O–H groups in total. The van der Waals surface area contributed by atoms with Crippen LogP contribution in [0.25, 0.3) is 0 Å². The minimum absolute atomic E-state index is 0.0791. The SMILES string of the molecule is CCCC/C=C\C/C=C\CCCCCCCC(=O)O[C@@H](COC(=O)CCCCCCCCC/C=C\C/C=C\CCCCC)COC(=O)CCCCCCCCCCCCCCC. The number of rotatable bonds is 48. The largest absolute Gasteiger partial charge is 0.462 e. The van der Waals surface area contributed by atoms with Gasteiger partial charge < -0.3 is 14.2 Å². The Labute approximate surface area is 384 Å². The smallest absolute Gasteiger partial charge is 0.306 e. The topological polar surface area (TPSA) is 78.9 Å². The van der Waals surface area contributed by atoms with Crippen molar-refractivity contribution in [1.29, 1.82) is 0 Å². The van der Waals surface area contributed by atoms with Gasteiger partial charge in [-0.2, -0.15) is 0 Å².